The van der Waals surface area contributed by atoms with Gasteiger partial charge in [-0.1, -0.05) is 12.1 Å². The van der Waals surface area contributed by atoms with Crippen LogP contribution in [0, 0.1) is 0 Å². The van der Waals surface area contributed by atoms with Gasteiger partial charge in [0.05, 0.1) is 12.5 Å². The molecule has 4 unspecified atom stereocenters. The highest BCUT2D eigenvalue weighted by atomic mass is 16.4. The smallest absolute Gasteiger partial charge is 0.325 e. The topological polar surface area (TPSA) is 234 Å². The van der Waals surface area contributed by atoms with Gasteiger partial charge in [0.1, 0.15) is 23.9 Å². The Morgan fingerprint density at radius 2 is 1.46 bits per heavy atom. The van der Waals surface area contributed by atoms with E-state index in [0.29, 0.717) is 24.9 Å². The molecular formula is C22H33N5O8. The van der Waals surface area contributed by atoms with E-state index < -0.39 is 60.2 Å². The van der Waals surface area contributed by atoms with Gasteiger partial charge in [0.25, 0.3) is 0 Å². The number of phenols is 1. The number of carboxylic acids is 2. The summed E-state index contributed by atoms with van der Waals surface area (Å²) in [5.41, 5.74) is 12.0. The fourth-order valence-electron chi connectivity index (χ4n) is 3.05. The molecule has 35 heavy (non-hydrogen) atoms. The van der Waals surface area contributed by atoms with Crippen LogP contribution in [0.1, 0.15) is 38.2 Å². The molecule has 0 aliphatic carbocycles. The van der Waals surface area contributed by atoms with E-state index in [1.54, 1.807) is 12.1 Å². The van der Waals surface area contributed by atoms with Crippen molar-refractivity contribution in [2.75, 3.05) is 6.54 Å². The van der Waals surface area contributed by atoms with Crippen LogP contribution in [0.3, 0.4) is 0 Å². The van der Waals surface area contributed by atoms with Gasteiger partial charge < -0.3 is 42.7 Å². The van der Waals surface area contributed by atoms with E-state index >= 15 is 0 Å². The molecule has 4 atom stereocenters. The molecule has 0 saturated heterocycles. The zero-order valence-electron chi connectivity index (χ0n) is 19.4. The standard InChI is InChI=1S/C22H33N5O8/c1-12(22(34)35)25-20(32)16(4-2-3-9-23)26-21(33)17(11-18(29)30)27-19(31)15(24)10-13-5-7-14(28)8-6-13/h5-8,12,15-17,28H,2-4,9-11,23-24H2,1H3,(H,25,32)(H,26,33)(H,27,31)(H,29,30)(H,34,35). The molecule has 10 N–H and O–H groups in total. The maximum atomic E-state index is 12.8. The minimum Gasteiger partial charge on any atom is -0.508 e. The Labute approximate surface area is 202 Å². The average molecular weight is 496 g/mol. The van der Waals surface area contributed by atoms with Gasteiger partial charge in [0.2, 0.25) is 17.7 Å². The third-order valence-corrected chi connectivity index (χ3v) is 5.05. The van der Waals surface area contributed by atoms with Gasteiger partial charge in [0, 0.05) is 0 Å². The lowest BCUT2D eigenvalue weighted by atomic mass is 10.0. The Morgan fingerprint density at radius 1 is 0.886 bits per heavy atom. The fourth-order valence-corrected chi connectivity index (χ4v) is 3.05. The van der Waals surface area contributed by atoms with Crippen molar-refractivity contribution in [1.82, 2.24) is 16.0 Å². The molecule has 0 bridgehead atoms. The maximum absolute atomic E-state index is 12.8. The molecule has 194 valence electrons. The monoisotopic (exact) mass is 495 g/mol. The quantitative estimate of drug-likeness (QED) is 0.130. The number of aromatic hydroxyl groups is 1. The first-order chi connectivity index (χ1) is 16.4. The third kappa shape index (κ3) is 10.8. The normalized spacial score (nSPS) is 14.1. The SMILES string of the molecule is CC(NC(=O)C(CCCCN)NC(=O)C(CC(=O)O)NC(=O)C(N)Cc1ccc(O)cc1)C(=O)O. The number of carbonyl (C=O) groups excluding carboxylic acids is 3. The van der Waals surface area contributed by atoms with Crippen LogP contribution >= 0.6 is 0 Å². The number of benzene rings is 1. The number of hydrogen-bond acceptors (Lipinski definition) is 8. The maximum Gasteiger partial charge on any atom is 0.325 e. The number of hydrogen-bond donors (Lipinski definition) is 8. The molecule has 0 heterocycles. The summed E-state index contributed by atoms with van der Waals surface area (Å²) < 4.78 is 0. The lowest BCUT2D eigenvalue weighted by Gasteiger charge is -2.24. The van der Waals surface area contributed by atoms with Crippen molar-refractivity contribution in [3.63, 3.8) is 0 Å². The van der Waals surface area contributed by atoms with Crippen LogP contribution in [-0.4, -0.2) is 75.7 Å². The number of carbonyl (C=O) groups is 5. The van der Waals surface area contributed by atoms with Gasteiger partial charge in [-0.3, -0.25) is 24.0 Å². The summed E-state index contributed by atoms with van der Waals surface area (Å²) >= 11 is 0. The van der Waals surface area contributed by atoms with Crippen molar-refractivity contribution >= 4 is 29.7 Å². The highest BCUT2D eigenvalue weighted by Crippen LogP contribution is 2.11. The molecule has 13 heteroatoms. The summed E-state index contributed by atoms with van der Waals surface area (Å²) in [5.74, 6) is -5.11. The first kappa shape index (κ1) is 29.3. The number of aliphatic carboxylic acids is 2. The van der Waals surface area contributed by atoms with E-state index in [4.69, 9.17) is 16.6 Å². The zero-order valence-corrected chi connectivity index (χ0v) is 19.4. The van der Waals surface area contributed by atoms with Crippen LogP contribution in [0.5, 0.6) is 5.75 Å². The van der Waals surface area contributed by atoms with E-state index in [1.165, 1.54) is 19.1 Å². The van der Waals surface area contributed by atoms with E-state index in [-0.39, 0.29) is 18.6 Å². The van der Waals surface area contributed by atoms with Crippen molar-refractivity contribution in [3.05, 3.63) is 29.8 Å². The summed E-state index contributed by atoms with van der Waals surface area (Å²) in [4.78, 5) is 60.2. The van der Waals surface area contributed by atoms with Gasteiger partial charge >= 0.3 is 11.9 Å². The van der Waals surface area contributed by atoms with Crippen LogP contribution in [0.15, 0.2) is 24.3 Å². The van der Waals surface area contributed by atoms with Crippen molar-refractivity contribution in [2.45, 2.75) is 63.2 Å². The number of unbranched alkanes of at least 4 members (excludes halogenated alkanes) is 1. The molecule has 0 aliphatic heterocycles. The predicted octanol–water partition coefficient (Wildman–Crippen LogP) is -1.58. The fraction of sp³-hybridized carbons (Fsp3) is 0.500. The largest absolute Gasteiger partial charge is 0.508 e. The summed E-state index contributed by atoms with van der Waals surface area (Å²) in [6.45, 7) is 1.59. The number of nitrogens with one attached hydrogen (secondary N) is 3. The summed E-state index contributed by atoms with van der Waals surface area (Å²) in [7, 11) is 0. The van der Waals surface area contributed by atoms with Crippen molar-refractivity contribution in [2.24, 2.45) is 11.5 Å². The summed E-state index contributed by atoms with van der Waals surface area (Å²) in [6.07, 6.45) is 0.380. The third-order valence-electron chi connectivity index (χ3n) is 5.05. The van der Waals surface area contributed by atoms with E-state index in [1.807, 2.05) is 0 Å². The molecule has 0 aromatic heterocycles. The number of carboxylic acid groups (broad SMARTS) is 2. The second-order valence-corrected chi connectivity index (χ2v) is 8.05. The van der Waals surface area contributed by atoms with Crippen molar-refractivity contribution in [3.8, 4) is 5.75 Å². The van der Waals surface area contributed by atoms with Crippen LogP contribution in [0.4, 0.5) is 0 Å². The van der Waals surface area contributed by atoms with E-state index in [0.717, 1.165) is 0 Å². The van der Waals surface area contributed by atoms with Gasteiger partial charge in [0.15, 0.2) is 0 Å². The Morgan fingerprint density at radius 3 is 2.00 bits per heavy atom. The van der Waals surface area contributed by atoms with Crippen LogP contribution in [0.25, 0.3) is 0 Å². The minimum atomic E-state index is -1.53. The Hall–Kier alpha value is -3.71. The number of rotatable bonds is 15. The molecule has 0 radical (unpaired) electrons. The van der Waals surface area contributed by atoms with E-state index in [2.05, 4.69) is 16.0 Å². The zero-order chi connectivity index (χ0) is 26.5. The van der Waals surface area contributed by atoms with Gasteiger partial charge in [-0.15, -0.1) is 0 Å². The molecule has 0 aliphatic rings. The Bertz CT molecular complexity index is 892. The van der Waals surface area contributed by atoms with Crippen LogP contribution in [-0.2, 0) is 30.4 Å². The van der Waals surface area contributed by atoms with Crippen molar-refractivity contribution in [1.29, 1.82) is 0 Å². The number of nitrogens with two attached hydrogens (primary N) is 2. The second kappa shape index (κ2) is 14.5. The molecule has 3 amide bonds. The summed E-state index contributed by atoms with van der Waals surface area (Å²) in [5, 5.41) is 34.5. The molecular weight excluding hydrogens is 462 g/mol. The van der Waals surface area contributed by atoms with Gasteiger partial charge in [-0.2, -0.15) is 0 Å². The van der Waals surface area contributed by atoms with E-state index in [9.17, 15) is 34.2 Å². The lowest BCUT2D eigenvalue weighted by Crippen LogP contribution is -2.57. The minimum absolute atomic E-state index is 0.0350. The number of phenolic OH excluding ortho intramolecular Hbond substituents is 1. The first-order valence-corrected chi connectivity index (χ1v) is 11.0. The molecule has 1 rings (SSSR count). The van der Waals surface area contributed by atoms with Crippen LogP contribution in [0.2, 0.25) is 0 Å². The summed E-state index contributed by atoms with van der Waals surface area (Å²) in [6, 6.07) is 0.914. The second-order valence-electron chi connectivity index (χ2n) is 8.05. The molecule has 1 aromatic rings. The molecule has 0 spiro atoms. The number of amides is 3. The van der Waals surface area contributed by atoms with Gasteiger partial charge in [-0.25, -0.2) is 0 Å². The average Bonchev–Trinajstić information content (AvgIpc) is 2.78. The Balaban J connectivity index is 2.91. The molecule has 0 fully saturated rings. The van der Waals surface area contributed by atoms with Crippen LogP contribution < -0.4 is 27.4 Å². The molecule has 1 aromatic carbocycles. The van der Waals surface area contributed by atoms with Gasteiger partial charge in [-0.05, 0) is 56.8 Å². The molecule has 13 nitrogen and oxygen atoms in total. The first-order valence-electron chi connectivity index (χ1n) is 11.0. The molecule has 0 saturated carbocycles. The predicted molar refractivity (Wildman–Crippen MR) is 124 cm³/mol. The van der Waals surface area contributed by atoms with Crippen molar-refractivity contribution < 1.29 is 39.3 Å². The Kier molecular flexibility index (Phi) is 12.2. The highest BCUT2D eigenvalue weighted by Gasteiger charge is 2.30. The highest BCUT2D eigenvalue weighted by molar-refractivity contribution is 5.95. The lowest BCUT2D eigenvalue weighted by molar-refractivity contribution is -0.143.